The Balaban J connectivity index is 1.30. The van der Waals surface area contributed by atoms with Gasteiger partial charge in [-0.05, 0) is 39.4 Å². The fraction of sp³-hybridized carbons (Fsp3) is 0.147. The van der Waals surface area contributed by atoms with Crippen LogP contribution in [0.25, 0.3) is 22.0 Å². The van der Waals surface area contributed by atoms with E-state index in [2.05, 4.69) is 122 Å². The minimum Gasteiger partial charge on any atom is -0.512 e. The van der Waals surface area contributed by atoms with E-state index in [1.54, 1.807) is 11.3 Å². The predicted molar refractivity (Wildman–Crippen MR) is 158 cm³/mol. The lowest BCUT2D eigenvalue weighted by Gasteiger charge is -2.58. The molecule has 8 rings (SSSR count). The summed E-state index contributed by atoms with van der Waals surface area (Å²) in [4.78, 5) is 4.98. The van der Waals surface area contributed by atoms with Gasteiger partial charge in [-0.25, -0.2) is 4.98 Å². The number of thiazole rings is 1. The maximum absolute atomic E-state index is 11.2. The number of hydrogen-bond acceptors (Lipinski definition) is 4. The van der Waals surface area contributed by atoms with Gasteiger partial charge in [0.2, 0.25) is 0 Å². The van der Waals surface area contributed by atoms with Crippen molar-refractivity contribution in [3.63, 3.8) is 0 Å². The van der Waals surface area contributed by atoms with E-state index in [0.717, 1.165) is 33.2 Å². The van der Waals surface area contributed by atoms with Crippen molar-refractivity contribution in [3.05, 3.63) is 143 Å². The summed E-state index contributed by atoms with van der Waals surface area (Å²) in [5, 5.41) is 20.1. The lowest BCUT2D eigenvalue weighted by molar-refractivity contribution is 0.180. The highest BCUT2D eigenvalue weighted by Crippen LogP contribution is 2.67. The fourth-order valence-corrected chi connectivity index (χ4v) is 7.72. The van der Waals surface area contributed by atoms with Crippen LogP contribution in [0.4, 0.5) is 5.13 Å². The van der Waals surface area contributed by atoms with E-state index >= 15 is 0 Å². The second-order valence-electron chi connectivity index (χ2n) is 10.7. The molecule has 38 heavy (non-hydrogen) atoms. The first-order chi connectivity index (χ1) is 18.4. The van der Waals surface area contributed by atoms with E-state index in [1.807, 2.05) is 0 Å². The third-order valence-corrected chi connectivity index (χ3v) is 9.50. The standard InChI is InChI=1S/C34H28N2OS/c1-21(35-32-36-30(19-38-32)25-16-10-12-23-11-4-5-13-24(23)25)33(3)20-34(22(2)37)28-17-8-6-14-26(28)31(33)27-15-7-9-18-29(27)34/h4-19,31,37H,1-2,20H2,3H3,(H,35,36). The van der Waals surface area contributed by atoms with Gasteiger partial charge in [-0.2, -0.15) is 0 Å². The van der Waals surface area contributed by atoms with Gasteiger partial charge >= 0.3 is 0 Å². The van der Waals surface area contributed by atoms with Gasteiger partial charge in [0.25, 0.3) is 0 Å². The molecule has 0 spiro atoms. The van der Waals surface area contributed by atoms with Gasteiger partial charge < -0.3 is 10.4 Å². The number of benzene rings is 4. The van der Waals surface area contributed by atoms with Gasteiger partial charge in [-0.15, -0.1) is 11.3 Å². The molecule has 5 aromatic rings. The molecule has 0 saturated heterocycles. The monoisotopic (exact) mass is 512 g/mol. The number of nitrogens with zero attached hydrogens (tertiary/aromatic N) is 1. The Labute approximate surface area is 226 Å². The summed E-state index contributed by atoms with van der Waals surface area (Å²) in [6, 6.07) is 31.7. The van der Waals surface area contributed by atoms with Crippen molar-refractivity contribution in [3.8, 4) is 11.3 Å². The first-order valence-electron chi connectivity index (χ1n) is 12.9. The molecule has 3 aliphatic carbocycles. The predicted octanol–water partition coefficient (Wildman–Crippen LogP) is 8.80. The molecule has 1 atom stereocenters. The Bertz CT molecular complexity index is 1710. The third kappa shape index (κ3) is 3.04. The third-order valence-electron chi connectivity index (χ3n) is 8.74. The van der Waals surface area contributed by atoms with Crippen molar-refractivity contribution in [2.45, 2.75) is 24.7 Å². The molecule has 0 aliphatic heterocycles. The highest BCUT2D eigenvalue weighted by atomic mass is 32.1. The second-order valence-corrected chi connectivity index (χ2v) is 11.6. The number of anilines is 1. The highest BCUT2D eigenvalue weighted by molar-refractivity contribution is 7.14. The number of aliphatic hydroxyl groups is 1. The molecule has 4 heteroatoms. The molecule has 2 N–H and O–H groups in total. The Morgan fingerprint density at radius 1 is 0.895 bits per heavy atom. The van der Waals surface area contributed by atoms with Crippen molar-refractivity contribution in [2.75, 3.05) is 5.32 Å². The van der Waals surface area contributed by atoms with Gasteiger partial charge in [-0.1, -0.05) is 111 Å². The molecule has 0 fully saturated rings. The number of rotatable bonds is 5. The van der Waals surface area contributed by atoms with E-state index in [0.29, 0.717) is 6.42 Å². The molecule has 1 aromatic heterocycles. The molecule has 1 heterocycles. The lowest BCUT2D eigenvalue weighted by Crippen LogP contribution is -2.51. The maximum Gasteiger partial charge on any atom is 0.187 e. The maximum atomic E-state index is 11.2. The molecular weight excluding hydrogens is 484 g/mol. The van der Waals surface area contributed by atoms with Crippen molar-refractivity contribution in [2.24, 2.45) is 5.41 Å². The number of allylic oxidation sites excluding steroid dienone is 2. The van der Waals surface area contributed by atoms with Gasteiger partial charge in [0.05, 0.1) is 11.1 Å². The SMILES string of the molecule is C=C(O)C12CC(C)(C(=C)Nc3nc(-c4cccc5ccccc45)cs3)C(c3ccccc31)c1ccccc12. The quantitative estimate of drug-likeness (QED) is 0.231. The Hall–Kier alpha value is -4.15. The normalized spacial score (nSPS) is 23.0. The zero-order valence-electron chi connectivity index (χ0n) is 21.2. The minimum atomic E-state index is -0.682. The molecule has 1 unspecified atom stereocenters. The van der Waals surface area contributed by atoms with Crippen LogP contribution in [0.15, 0.2) is 121 Å². The highest BCUT2D eigenvalue weighted by Gasteiger charge is 2.60. The summed E-state index contributed by atoms with van der Waals surface area (Å²) < 4.78 is 0. The Kier molecular flexibility index (Phi) is 4.95. The van der Waals surface area contributed by atoms with Gasteiger partial charge in [0.15, 0.2) is 5.13 Å². The number of aliphatic hydroxyl groups excluding tert-OH is 1. The fourth-order valence-electron chi connectivity index (χ4n) is 6.99. The van der Waals surface area contributed by atoms with Crippen LogP contribution in [0.1, 0.15) is 41.5 Å². The van der Waals surface area contributed by atoms with Crippen LogP contribution in [-0.4, -0.2) is 10.1 Å². The van der Waals surface area contributed by atoms with Crippen molar-refractivity contribution >= 4 is 27.2 Å². The van der Waals surface area contributed by atoms with E-state index in [1.165, 1.54) is 21.9 Å². The number of hydrogen-bond donors (Lipinski definition) is 2. The van der Waals surface area contributed by atoms with Gasteiger partial charge in [-0.3, -0.25) is 0 Å². The average molecular weight is 513 g/mol. The molecule has 2 bridgehead atoms. The summed E-state index contributed by atoms with van der Waals surface area (Å²) in [7, 11) is 0. The van der Waals surface area contributed by atoms with Crippen LogP contribution in [-0.2, 0) is 5.41 Å². The van der Waals surface area contributed by atoms with Crippen LogP contribution >= 0.6 is 11.3 Å². The molecule has 4 aromatic carbocycles. The van der Waals surface area contributed by atoms with Crippen LogP contribution in [0.2, 0.25) is 0 Å². The van der Waals surface area contributed by atoms with E-state index < -0.39 is 5.41 Å². The van der Waals surface area contributed by atoms with Crippen LogP contribution in [0.5, 0.6) is 0 Å². The molecule has 186 valence electrons. The Morgan fingerprint density at radius 3 is 2.24 bits per heavy atom. The van der Waals surface area contributed by atoms with Gasteiger partial charge in [0, 0.05) is 28.0 Å². The molecular formula is C34H28N2OS. The van der Waals surface area contributed by atoms with E-state index in [4.69, 9.17) is 4.98 Å². The first kappa shape index (κ1) is 23.0. The number of nitrogens with one attached hydrogen (secondary N) is 1. The van der Waals surface area contributed by atoms with Crippen molar-refractivity contribution in [1.82, 2.24) is 4.98 Å². The average Bonchev–Trinajstić information content (AvgIpc) is 3.41. The largest absolute Gasteiger partial charge is 0.512 e. The molecule has 0 amide bonds. The molecule has 3 nitrogen and oxygen atoms in total. The minimum absolute atomic E-state index is 0.105. The summed E-state index contributed by atoms with van der Waals surface area (Å²) >= 11 is 1.59. The summed E-state index contributed by atoms with van der Waals surface area (Å²) in [5.74, 6) is 0.288. The summed E-state index contributed by atoms with van der Waals surface area (Å²) in [5.41, 5.74) is 6.67. The van der Waals surface area contributed by atoms with E-state index in [9.17, 15) is 5.11 Å². The second kappa shape index (κ2) is 8.17. The van der Waals surface area contributed by atoms with Crippen LogP contribution < -0.4 is 5.32 Å². The number of fused-ring (bicyclic) bond motifs is 2. The van der Waals surface area contributed by atoms with Gasteiger partial charge in [0.1, 0.15) is 5.76 Å². The van der Waals surface area contributed by atoms with Crippen molar-refractivity contribution in [1.29, 1.82) is 0 Å². The molecule has 0 radical (unpaired) electrons. The number of aromatic nitrogens is 1. The van der Waals surface area contributed by atoms with E-state index in [-0.39, 0.29) is 17.1 Å². The summed E-state index contributed by atoms with van der Waals surface area (Å²) in [6.45, 7) is 10.9. The van der Waals surface area contributed by atoms with Crippen LogP contribution in [0.3, 0.4) is 0 Å². The zero-order chi connectivity index (χ0) is 26.1. The molecule has 3 aliphatic rings. The first-order valence-corrected chi connectivity index (χ1v) is 13.8. The Morgan fingerprint density at radius 2 is 1.53 bits per heavy atom. The smallest absolute Gasteiger partial charge is 0.187 e. The lowest BCUT2D eigenvalue weighted by atomic mass is 9.45. The molecule has 0 saturated carbocycles. The topological polar surface area (TPSA) is 45.1 Å². The van der Waals surface area contributed by atoms with Crippen molar-refractivity contribution < 1.29 is 5.11 Å². The van der Waals surface area contributed by atoms with Crippen LogP contribution in [0, 0.1) is 5.41 Å². The zero-order valence-corrected chi connectivity index (χ0v) is 22.1. The summed E-state index contributed by atoms with van der Waals surface area (Å²) in [6.07, 6.45) is 0.682.